The summed E-state index contributed by atoms with van der Waals surface area (Å²) in [5.41, 5.74) is 0. The highest BCUT2D eigenvalue weighted by molar-refractivity contribution is 5.82. The van der Waals surface area contributed by atoms with Crippen LogP contribution in [0.2, 0.25) is 0 Å². The molecule has 0 aliphatic carbocycles. The molecule has 0 aromatic carbocycles. The summed E-state index contributed by atoms with van der Waals surface area (Å²) >= 11 is 0. The zero-order chi connectivity index (χ0) is 12.0. The summed E-state index contributed by atoms with van der Waals surface area (Å²) in [5, 5.41) is 8.58. The summed E-state index contributed by atoms with van der Waals surface area (Å²) in [4.78, 5) is 24.1. The Hall–Kier alpha value is -1.30. The number of rotatable bonds is 4. The highest BCUT2D eigenvalue weighted by Crippen LogP contribution is 2.03. The van der Waals surface area contributed by atoms with Gasteiger partial charge in [0.05, 0.1) is 6.04 Å². The quantitative estimate of drug-likeness (QED) is 0.547. The molecule has 1 atom stereocenters. The van der Waals surface area contributed by atoms with Gasteiger partial charge < -0.3 is 20.9 Å². The van der Waals surface area contributed by atoms with Crippen molar-refractivity contribution in [3.8, 4) is 0 Å². The molecule has 1 aliphatic heterocycles. The molecule has 1 rings (SSSR count). The van der Waals surface area contributed by atoms with Crippen molar-refractivity contribution in [1.82, 2.24) is 20.9 Å². The van der Waals surface area contributed by atoms with Crippen molar-refractivity contribution in [2.75, 3.05) is 33.7 Å². The van der Waals surface area contributed by atoms with Gasteiger partial charge in [-0.3, -0.25) is 4.79 Å². The normalized spacial score (nSPS) is 19.2. The first kappa shape index (κ1) is 12.8. The van der Waals surface area contributed by atoms with Crippen LogP contribution < -0.4 is 16.0 Å². The Balaban J connectivity index is 2.06. The second kappa shape index (κ2) is 6.32. The highest BCUT2D eigenvalue weighted by atomic mass is 16.2. The van der Waals surface area contributed by atoms with Crippen LogP contribution in [0.4, 0.5) is 4.79 Å². The summed E-state index contributed by atoms with van der Waals surface area (Å²) in [6.07, 6.45) is 1.95. The smallest absolute Gasteiger partial charge is 0.316 e. The Morgan fingerprint density at radius 2 is 2.00 bits per heavy atom. The van der Waals surface area contributed by atoms with Gasteiger partial charge in [-0.2, -0.15) is 0 Å². The van der Waals surface area contributed by atoms with Crippen LogP contribution in [-0.2, 0) is 4.79 Å². The van der Waals surface area contributed by atoms with Gasteiger partial charge in [-0.1, -0.05) is 0 Å². The van der Waals surface area contributed by atoms with Crippen LogP contribution in [0, 0.1) is 0 Å². The predicted molar refractivity (Wildman–Crippen MR) is 61.1 cm³/mol. The van der Waals surface area contributed by atoms with Crippen molar-refractivity contribution in [2.24, 2.45) is 0 Å². The van der Waals surface area contributed by atoms with Crippen LogP contribution in [0.25, 0.3) is 0 Å². The SMILES string of the molecule is CN(C)C(=O)NCCNC(=O)[C@@H]1CCCN1. The number of carbonyl (C=O) groups is 2. The van der Waals surface area contributed by atoms with E-state index in [9.17, 15) is 9.59 Å². The fourth-order valence-electron chi connectivity index (χ4n) is 1.54. The van der Waals surface area contributed by atoms with E-state index in [0.29, 0.717) is 13.1 Å². The molecule has 1 heterocycles. The number of carbonyl (C=O) groups excluding carboxylic acids is 2. The minimum atomic E-state index is -0.145. The lowest BCUT2D eigenvalue weighted by molar-refractivity contribution is -0.122. The molecule has 0 radical (unpaired) electrons. The Kier molecular flexibility index (Phi) is 5.04. The fraction of sp³-hybridized carbons (Fsp3) is 0.800. The summed E-state index contributed by atoms with van der Waals surface area (Å²) < 4.78 is 0. The number of hydrogen-bond donors (Lipinski definition) is 3. The average molecular weight is 228 g/mol. The van der Waals surface area contributed by atoms with Gasteiger partial charge in [-0.25, -0.2) is 4.79 Å². The summed E-state index contributed by atoms with van der Waals surface area (Å²) in [5.74, 6) is 0.0246. The number of nitrogens with one attached hydrogen (secondary N) is 3. The van der Waals surface area contributed by atoms with Crippen LogP contribution >= 0.6 is 0 Å². The van der Waals surface area contributed by atoms with Gasteiger partial charge in [0.1, 0.15) is 0 Å². The predicted octanol–water partition coefficient (Wildman–Crippen LogP) is -0.874. The summed E-state index contributed by atoms with van der Waals surface area (Å²) in [6.45, 7) is 1.83. The molecule has 1 saturated heterocycles. The summed E-state index contributed by atoms with van der Waals surface area (Å²) in [7, 11) is 3.35. The molecule has 0 bridgehead atoms. The van der Waals surface area contributed by atoms with Crippen LogP contribution in [0.5, 0.6) is 0 Å². The standard InChI is InChI=1S/C10H20N4O2/c1-14(2)10(16)13-7-6-12-9(15)8-4-3-5-11-8/h8,11H,3-7H2,1-2H3,(H,12,15)(H,13,16)/t8-/m0/s1. The van der Waals surface area contributed by atoms with Gasteiger partial charge in [0.2, 0.25) is 5.91 Å². The third-order valence-electron chi connectivity index (χ3n) is 2.48. The van der Waals surface area contributed by atoms with E-state index in [2.05, 4.69) is 16.0 Å². The van der Waals surface area contributed by atoms with Crippen LogP contribution in [-0.4, -0.2) is 56.6 Å². The van der Waals surface area contributed by atoms with Gasteiger partial charge >= 0.3 is 6.03 Å². The van der Waals surface area contributed by atoms with Gasteiger partial charge in [-0.15, -0.1) is 0 Å². The molecule has 1 fully saturated rings. The van der Waals surface area contributed by atoms with E-state index in [1.807, 2.05) is 0 Å². The van der Waals surface area contributed by atoms with Crippen molar-refractivity contribution in [2.45, 2.75) is 18.9 Å². The van der Waals surface area contributed by atoms with E-state index < -0.39 is 0 Å². The third kappa shape index (κ3) is 4.06. The number of urea groups is 1. The van der Waals surface area contributed by atoms with Gasteiger partial charge in [0.25, 0.3) is 0 Å². The molecule has 0 unspecified atom stereocenters. The molecule has 0 aromatic rings. The third-order valence-corrected chi connectivity index (χ3v) is 2.48. The molecular formula is C10H20N4O2. The van der Waals surface area contributed by atoms with Crippen molar-refractivity contribution >= 4 is 11.9 Å². The second-order valence-corrected chi connectivity index (χ2v) is 4.07. The van der Waals surface area contributed by atoms with Crippen LogP contribution in [0.1, 0.15) is 12.8 Å². The maximum Gasteiger partial charge on any atom is 0.316 e. The largest absolute Gasteiger partial charge is 0.353 e. The molecule has 16 heavy (non-hydrogen) atoms. The molecule has 3 amide bonds. The average Bonchev–Trinajstić information content (AvgIpc) is 2.76. The Bertz CT molecular complexity index is 249. The maximum absolute atomic E-state index is 11.5. The van der Waals surface area contributed by atoms with Crippen LogP contribution in [0.15, 0.2) is 0 Å². The molecule has 1 aliphatic rings. The van der Waals surface area contributed by atoms with E-state index in [1.54, 1.807) is 14.1 Å². The highest BCUT2D eigenvalue weighted by Gasteiger charge is 2.21. The first-order valence-corrected chi connectivity index (χ1v) is 5.57. The number of hydrogen-bond acceptors (Lipinski definition) is 3. The maximum atomic E-state index is 11.5. The molecule has 6 nitrogen and oxygen atoms in total. The zero-order valence-electron chi connectivity index (χ0n) is 9.88. The molecular weight excluding hydrogens is 208 g/mol. The Morgan fingerprint density at radius 3 is 2.56 bits per heavy atom. The Morgan fingerprint density at radius 1 is 1.31 bits per heavy atom. The fourth-order valence-corrected chi connectivity index (χ4v) is 1.54. The minimum absolute atomic E-state index is 0.0246. The number of nitrogens with zero attached hydrogens (tertiary/aromatic N) is 1. The van der Waals surface area contributed by atoms with E-state index in [-0.39, 0.29) is 18.0 Å². The van der Waals surface area contributed by atoms with Crippen molar-refractivity contribution < 1.29 is 9.59 Å². The zero-order valence-corrected chi connectivity index (χ0v) is 9.88. The van der Waals surface area contributed by atoms with Crippen molar-refractivity contribution in [3.63, 3.8) is 0 Å². The van der Waals surface area contributed by atoms with E-state index >= 15 is 0 Å². The first-order chi connectivity index (χ1) is 7.61. The summed E-state index contributed by atoms with van der Waals surface area (Å²) in [6, 6.07) is -0.196. The first-order valence-electron chi connectivity index (χ1n) is 5.57. The minimum Gasteiger partial charge on any atom is -0.353 e. The monoisotopic (exact) mass is 228 g/mol. The lowest BCUT2D eigenvalue weighted by atomic mass is 10.2. The van der Waals surface area contributed by atoms with E-state index in [0.717, 1.165) is 19.4 Å². The molecule has 0 spiro atoms. The Labute approximate surface area is 95.8 Å². The topological polar surface area (TPSA) is 73.5 Å². The van der Waals surface area contributed by atoms with Gasteiger partial charge in [-0.05, 0) is 19.4 Å². The van der Waals surface area contributed by atoms with Gasteiger partial charge in [0, 0.05) is 27.2 Å². The number of amides is 3. The molecule has 0 saturated carbocycles. The van der Waals surface area contributed by atoms with Crippen LogP contribution in [0.3, 0.4) is 0 Å². The molecule has 92 valence electrons. The molecule has 3 N–H and O–H groups in total. The van der Waals surface area contributed by atoms with Crippen molar-refractivity contribution in [1.29, 1.82) is 0 Å². The molecule has 6 heteroatoms. The lowest BCUT2D eigenvalue weighted by Gasteiger charge is -2.13. The van der Waals surface area contributed by atoms with E-state index in [4.69, 9.17) is 0 Å². The lowest BCUT2D eigenvalue weighted by Crippen LogP contribution is -2.44. The van der Waals surface area contributed by atoms with Gasteiger partial charge in [0.15, 0.2) is 0 Å². The second-order valence-electron chi connectivity index (χ2n) is 4.07. The van der Waals surface area contributed by atoms with E-state index in [1.165, 1.54) is 4.90 Å². The molecule has 0 aromatic heterocycles. The van der Waals surface area contributed by atoms with Crippen molar-refractivity contribution in [3.05, 3.63) is 0 Å².